The Morgan fingerprint density at radius 3 is 2.75 bits per heavy atom. The van der Waals surface area contributed by atoms with Crippen LogP contribution in [0.3, 0.4) is 0 Å². The first-order valence-corrected chi connectivity index (χ1v) is 6.21. The molecular formula is C14H17ClO. The molecule has 2 aliphatic rings. The number of hydrogen-bond acceptors (Lipinski definition) is 1. The molecular weight excluding hydrogens is 220 g/mol. The van der Waals surface area contributed by atoms with E-state index in [2.05, 4.69) is 39.0 Å². The SMILES string of the molecule is CC(C)C1=CC2=C(Cl)C(=O)C[C@@H]2[C@@H](C)C=C1. The maximum atomic E-state index is 11.6. The summed E-state index contributed by atoms with van der Waals surface area (Å²) >= 11 is 6.10. The summed E-state index contributed by atoms with van der Waals surface area (Å²) in [5.41, 5.74) is 2.31. The summed E-state index contributed by atoms with van der Waals surface area (Å²) in [6.07, 6.45) is 7.06. The van der Waals surface area contributed by atoms with Gasteiger partial charge in [0.15, 0.2) is 5.78 Å². The number of halogens is 1. The molecule has 0 unspecified atom stereocenters. The van der Waals surface area contributed by atoms with E-state index in [0.29, 0.717) is 23.3 Å². The molecule has 0 saturated carbocycles. The van der Waals surface area contributed by atoms with Crippen LogP contribution in [0, 0.1) is 17.8 Å². The summed E-state index contributed by atoms with van der Waals surface area (Å²) in [6.45, 7) is 6.47. The van der Waals surface area contributed by atoms with Crippen molar-refractivity contribution in [1.29, 1.82) is 0 Å². The molecule has 2 aliphatic carbocycles. The zero-order valence-corrected chi connectivity index (χ0v) is 10.7. The van der Waals surface area contributed by atoms with Gasteiger partial charge in [-0.2, -0.15) is 0 Å². The van der Waals surface area contributed by atoms with E-state index in [-0.39, 0.29) is 11.7 Å². The molecule has 86 valence electrons. The second kappa shape index (κ2) is 4.21. The Hall–Kier alpha value is -0.820. The monoisotopic (exact) mass is 236 g/mol. The van der Waals surface area contributed by atoms with Gasteiger partial charge in [0.1, 0.15) is 0 Å². The minimum Gasteiger partial charge on any atom is -0.293 e. The Kier molecular flexibility index (Phi) is 3.07. The van der Waals surface area contributed by atoms with E-state index in [4.69, 9.17) is 11.6 Å². The zero-order valence-electron chi connectivity index (χ0n) is 9.96. The van der Waals surface area contributed by atoms with Crippen molar-refractivity contribution in [2.24, 2.45) is 17.8 Å². The lowest BCUT2D eigenvalue weighted by atomic mass is 9.89. The molecule has 0 aromatic carbocycles. The maximum absolute atomic E-state index is 11.6. The Morgan fingerprint density at radius 1 is 1.44 bits per heavy atom. The summed E-state index contributed by atoms with van der Waals surface area (Å²) in [7, 11) is 0. The second-order valence-electron chi connectivity index (χ2n) is 5.02. The lowest BCUT2D eigenvalue weighted by Crippen LogP contribution is -2.08. The molecule has 2 heteroatoms. The largest absolute Gasteiger partial charge is 0.293 e. The third kappa shape index (κ3) is 1.89. The van der Waals surface area contributed by atoms with Crippen LogP contribution in [0.1, 0.15) is 27.2 Å². The standard InChI is InChI=1S/C14H17ClO/c1-8(2)10-5-4-9(3)11-7-13(16)14(15)12(11)6-10/h4-6,8-9,11H,7H2,1-3H3/t9-,11+/m0/s1. The van der Waals surface area contributed by atoms with Crippen molar-refractivity contribution >= 4 is 17.4 Å². The highest BCUT2D eigenvalue weighted by molar-refractivity contribution is 6.44. The predicted molar refractivity (Wildman–Crippen MR) is 67.2 cm³/mol. The first-order chi connectivity index (χ1) is 7.50. The Morgan fingerprint density at radius 2 is 2.12 bits per heavy atom. The molecule has 0 aromatic rings. The van der Waals surface area contributed by atoms with Crippen LogP contribution in [0.5, 0.6) is 0 Å². The molecule has 0 aliphatic heterocycles. The van der Waals surface area contributed by atoms with E-state index in [1.165, 1.54) is 5.57 Å². The first-order valence-electron chi connectivity index (χ1n) is 5.83. The van der Waals surface area contributed by atoms with Crippen molar-refractivity contribution in [2.45, 2.75) is 27.2 Å². The number of carbonyl (C=O) groups is 1. The van der Waals surface area contributed by atoms with E-state index < -0.39 is 0 Å². The fraction of sp³-hybridized carbons (Fsp3) is 0.500. The predicted octanol–water partition coefficient (Wildman–Crippen LogP) is 3.86. The summed E-state index contributed by atoms with van der Waals surface area (Å²) in [4.78, 5) is 11.6. The molecule has 0 aromatic heterocycles. The normalized spacial score (nSPS) is 29.6. The minimum atomic E-state index is 0.100. The fourth-order valence-electron chi connectivity index (χ4n) is 2.35. The average molecular weight is 237 g/mol. The van der Waals surface area contributed by atoms with E-state index in [0.717, 1.165) is 5.57 Å². The highest BCUT2D eigenvalue weighted by Gasteiger charge is 2.33. The van der Waals surface area contributed by atoms with Gasteiger partial charge in [-0.25, -0.2) is 0 Å². The number of allylic oxidation sites excluding steroid dienone is 6. The average Bonchev–Trinajstić information content (AvgIpc) is 2.42. The Labute approximate surface area is 102 Å². The summed E-state index contributed by atoms with van der Waals surface area (Å²) in [5.74, 6) is 1.24. The van der Waals surface area contributed by atoms with Gasteiger partial charge >= 0.3 is 0 Å². The smallest absolute Gasteiger partial charge is 0.175 e. The molecule has 0 saturated heterocycles. The summed E-state index contributed by atoms with van der Waals surface area (Å²) < 4.78 is 0. The van der Waals surface area contributed by atoms with Gasteiger partial charge in [0.25, 0.3) is 0 Å². The zero-order chi connectivity index (χ0) is 11.9. The van der Waals surface area contributed by atoms with Gasteiger partial charge in [0.05, 0.1) is 5.03 Å². The summed E-state index contributed by atoms with van der Waals surface area (Å²) in [5, 5.41) is 0.457. The molecule has 0 radical (unpaired) electrons. The van der Waals surface area contributed by atoms with Crippen molar-refractivity contribution in [3.05, 3.63) is 34.4 Å². The van der Waals surface area contributed by atoms with Crippen LogP contribution in [0.25, 0.3) is 0 Å². The molecule has 1 nitrogen and oxygen atoms in total. The highest BCUT2D eigenvalue weighted by Crippen LogP contribution is 2.40. The third-order valence-electron chi connectivity index (χ3n) is 3.52. The van der Waals surface area contributed by atoms with Crippen LogP contribution in [-0.2, 0) is 4.79 Å². The van der Waals surface area contributed by atoms with Crippen LogP contribution in [0.15, 0.2) is 34.4 Å². The number of Topliss-reactive ketones (excluding diaryl/α,β-unsaturated/α-hetero) is 1. The van der Waals surface area contributed by atoms with Gasteiger partial charge in [-0.1, -0.05) is 50.6 Å². The number of rotatable bonds is 1. The van der Waals surface area contributed by atoms with Crippen molar-refractivity contribution in [3.8, 4) is 0 Å². The third-order valence-corrected chi connectivity index (χ3v) is 3.95. The van der Waals surface area contributed by atoms with Crippen LogP contribution < -0.4 is 0 Å². The van der Waals surface area contributed by atoms with E-state index in [1.807, 2.05) is 0 Å². The number of ketones is 1. The van der Waals surface area contributed by atoms with Crippen molar-refractivity contribution in [3.63, 3.8) is 0 Å². The number of fused-ring (bicyclic) bond motifs is 1. The molecule has 2 rings (SSSR count). The van der Waals surface area contributed by atoms with Gasteiger partial charge in [0.2, 0.25) is 0 Å². The van der Waals surface area contributed by atoms with E-state index in [1.54, 1.807) is 0 Å². The van der Waals surface area contributed by atoms with Crippen molar-refractivity contribution in [1.82, 2.24) is 0 Å². The first kappa shape index (κ1) is 11.7. The lowest BCUT2D eigenvalue weighted by molar-refractivity contribution is -0.114. The van der Waals surface area contributed by atoms with Gasteiger partial charge in [0, 0.05) is 6.42 Å². The molecule has 2 atom stereocenters. The molecule has 0 bridgehead atoms. The highest BCUT2D eigenvalue weighted by atomic mass is 35.5. The number of hydrogen-bond donors (Lipinski definition) is 0. The Bertz CT molecular complexity index is 412. The fourth-order valence-corrected chi connectivity index (χ4v) is 2.62. The molecule has 16 heavy (non-hydrogen) atoms. The van der Waals surface area contributed by atoms with Crippen LogP contribution in [-0.4, -0.2) is 5.78 Å². The quantitative estimate of drug-likeness (QED) is 0.676. The Balaban J connectivity index is 2.48. The van der Waals surface area contributed by atoms with Crippen molar-refractivity contribution in [2.75, 3.05) is 0 Å². The van der Waals surface area contributed by atoms with E-state index >= 15 is 0 Å². The van der Waals surface area contributed by atoms with Gasteiger partial charge in [-0.15, -0.1) is 0 Å². The molecule has 0 fully saturated rings. The number of carbonyl (C=O) groups excluding carboxylic acids is 1. The van der Waals surface area contributed by atoms with Crippen molar-refractivity contribution < 1.29 is 4.79 Å². The van der Waals surface area contributed by atoms with Gasteiger partial charge < -0.3 is 0 Å². The lowest BCUT2D eigenvalue weighted by Gasteiger charge is -2.15. The van der Waals surface area contributed by atoms with E-state index in [9.17, 15) is 4.79 Å². The summed E-state index contributed by atoms with van der Waals surface area (Å²) in [6, 6.07) is 0. The molecule has 0 heterocycles. The molecule has 0 amide bonds. The van der Waals surface area contributed by atoms with Crippen LogP contribution in [0.4, 0.5) is 0 Å². The van der Waals surface area contributed by atoms with Crippen LogP contribution >= 0.6 is 11.6 Å². The molecule has 0 N–H and O–H groups in total. The molecule has 0 spiro atoms. The topological polar surface area (TPSA) is 17.1 Å². The van der Waals surface area contributed by atoms with Gasteiger partial charge in [-0.3, -0.25) is 4.79 Å². The van der Waals surface area contributed by atoms with Gasteiger partial charge in [-0.05, 0) is 28.9 Å². The van der Waals surface area contributed by atoms with Crippen LogP contribution in [0.2, 0.25) is 0 Å². The minimum absolute atomic E-state index is 0.100. The second-order valence-corrected chi connectivity index (χ2v) is 5.40. The maximum Gasteiger partial charge on any atom is 0.175 e.